The molecule has 0 radical (unpaired) electrons. The number of aromatic nitrogens is 2. The van der Waals surface area contributed by atoms with Crippen LogP contribution in [0.2, 0.25) is 0 Å². The third-order valence-corrected chi connectivity index (χ3v) is 3.11. The first-order valence-corrected chi connectivity index (χ1v) is 6.74. The molecule has 112 valence electrons. The van der Waals surface area contributed by atoms with E-state index < -0.39 is 5.60 Å². The fourth-order valence-corrected chi connectivity index (χ4v) is 2.19. The molecule has 3 N–H and O–H groups in total. The normalized spacial score (nSPS) is 15.1. The number of nitrogen functional groups attached to an aromatic ring is 1. The van der Waals surface area contributed by atoms with Crippen LogP contribution in [0.15, 0.2) is 0 Å². The maximum Gasteiger partial charge on any atom is 0.410 e. The van der Waals surface area contributed by atoms with Gasteiger partial charge < -0.3 is 20.5 Å². The first-order chi connectivity index (χ1) is 9.31. The lowest BCUT2D eigenvalue weighted by atomic mass is 10.1. The van der Waals surface area contributed by atoms with Gasteiger partial charge in [-0.2, -0.15) is 5.10 Å². The number of rotatable bonds is 2. The van der Waals surface area contributed by atoms with Crippen molar-refractivity contribution in [1.29, 1.82) is 0 Å². The molecule has 1 aromatic rings. The van der Waals surface area contributed by atoms with Gasteiger partial charge in [0.05, 0.1) is 25.4 Å². The van der Waals surface area contributed by atoms with Crippen LogP contribution in [-0.4, -0.2) is 44.6 Å². The zero-order valence-electron chi connectivity index (χ0n) is 12.2. The molecule has 0 spiro atoms. The maximum absolute atomic E-state index is 12.1. The Labute approximate surface area is 118 Å². The summed E-state index contributed by atoms with van der Waals surface area (Å²) in [4.78, 5) is 13.7. The van der Waals surface area contributed by atoms with Crippen LogP contribution >= 0.6 is 0 Å². The third-order valence-electron chi connectivity index (χ3n) is 3.11. The van der Waals surface area contributed by atoms with E-state index in [1.54, 1.807) is 9.58 Å². The van der Waals surface area contributed by atoms with E-state index in [1.165, 1.54) is 0 Å². The van der Waals surface area contributed by atoms with E-state index in [1.807, 2.05) is 20.8 Å². The zero-order chi connectivity index (χ0) is 14.9. The van der Waals surface area contributed by atoms with Gasteiger partial charge in [-0.3, -0.25) is 0 Å². The Morgan fingerprint density at radius 1 is 1.50 bits per heavy atom. The second-order valence-corrected chi connectivity index (χ2v) is 5.91. The first kappa shape index (κ1) is 14.6. The molecule has 1 aliphatic heterocycles. The van der Waals surface area contributed by atoms with E-state index in [-0.39, 0.29) is 12.7 Å². The summed E-state index contributed by atoms with van der Waals surface area (Å²) in [6, 6.07) is 0. The van der Waals surface area contributed by atoms with Gasteiger partial charge in [0.15, 0.2) is 0 Å². The third kappa shape index (κ3) is 3.04. The lowest BCUT2D eigenvalue weighted by molar-refractivity contribution is 0.0224. The Kier molecular flexibility index (Phi) is 3.89. The Morgan fingerprint density at radius 3 is 2.80 bits per heavy atom. The number of amides is 1. The number of hydrogen-bond donors (Lipinski definition) is 2. The van der Waals surface area contributed by atoms with Gasteiger partial charge in [-0.25, -0.2) is 9.48 Å². The highest BCUT2D eigenvalue weighted by Crippen LogP contribution is 2.25. The Balaban J connectivity index is 2.12. The first-order valence-electron chi connectivity index (χ1n) is 6.74. The van der Waals surface area contributed by atoms with Gasteiger partial charge in [0, 0.05) is 18.5 Å². The molecule has 0 unspecified atom stereocenters. The van der Waals surface area contributed by atoms with E-state index in [2.05, 4.69) is 5.10 Å². The second-order valence-electron chi connectivity index (χ2n) is 5.91. The van der Waals surface area contributed by atoms with Crippen LogP contribution in [0.5, 0.6) is 0 Å². The van der Waals surface area contributed by atoms with Crippen LogP contribution in [0.25, 0.3) is 0 Å². The number of carbonyl (C=O) groups excluding carboxylic acids is 1. The molecule has 0 aliphatic carbocycles. The number of fused-ring (bicyclic) bond motifs is 1. The Morgan fingerprint density at radius 2 is 2.20 bits per heavy atom. The predicted molar refractivity (Wildman–Crippen MR) is 74.1 cm³/mol. The van der Waals surface area contributed by atoms with Crippen molar-refractivity contribution < 1.29 is 14.6 Å². The molecule has 1 amide bonds. The van der Waals surface area contributed by atoms with E-state index >= 15 is 0 Å². The van der Waals surface area contributed by atoms with Crippen molar-refractivity contribution in [2.45, 2.75) is 45.9 Å². The summed E-state index contributed by atoms with van der Waals surface area (Å²) in [7, 11) is 0. The van der Waals surface area contributed by atoms with Crippen LogP contribution in [0.3, 0.4) is 0 Å². The number of aliphatic hydroxyl groups is 1. The van der Waals surface area contributed by atoms with Crippen molar-refractivity contribution in [2.75, 3.05) is 18.9 Å². The standard InChI is InChI=1S/C13H22N4O3/c1-13(2,3)20-12(19)16-5-4-10-9(8-16)11(14)17(15-10)6-7-18/h18H,4-8,14H2,1-3H3. The topological polar surface area (TPSA) is 93.6 Å². The number of carbonyl (C=O) groups is 1. The van der Waals surface area contributed by atoms with Crippen LogP contribution in [0.4, 0.5) is 10.6 Å². The van der Waals surface area contributed by atoms with Crippen molar-refractivity contribution >= 4 is 11.9 Å². The highest BCUT2D eigenvalue weighted by atomic mass is 16.6. The number of anilines is 1. The van der Waals surface area contributed by atoms with Crippen molar-refractivity contribution in [3.05, 3.63) is 11.3 Å². The van der Waals surface area contributed by atoms with Gasteiger partial charge in [0.2, 0.25) is 0 Å². The Bertz CT molecular complexity index is 504. The van der Waals surface area contributed by atoms with Crippen LogP contribution in [-0.2, 0) is 24.2 Å². The summed E-state index contributed by atoms with van der Waals surface area (Å²) < 4.78 is 6.95. The molecule has 1 aliphatic rings. The summed E-state index contributed by atoms with van der Waals surface area (Å²) in [6.07, 6.45) is 0.314. The monoisotopic (exact) mass is 282 g/mol. The van der Waals surface area contributed by atoms with Gasteiger partial charge in [-0.15, -0.1) is 0 Å². The number of hydrogen-bond acceptors (Lipinski definition) is 5. The average Bonchev–Trinajstić information content (AvgIpc) is 2.65. The quantitative estimate of drug-likeness (QED) is 0.835. The summed E-state index contributed by atoms with van der Waals surface area (Å²) in [5.41, 5.74) is 7.26. The minimum absolute atomic E-state index is 0.0134. The number of aliphatic hydroxyl groups excluding tert-OH is 1. The van der Waals surface area contributed by atoms with Gasteiger partial charge in [-0.1, -0.05) is 0 Å². The van der Waals surface area contributed by atoms with Crippen LogP contribution < -0.4 is 5.73 Å². The SMILES string of the molecule is CC(C)(C)OC(=O)N1CCc2nn(CCO)c(N)c2C1. The maximum atomic E-state index is 12.1. The molecule has 7 heteroatoms. The number of nitrogens with zero attached hydrogens (tertiary/aromatic N) is 3. The van der Waals surface area contributed by atoms with E-state index in [9.17, 15) is 4.79 Å². The fourth-order valence-electron chi connectivity index (χ4n) is 2.19. The molecule has 0 atom stereocenters. The van der Waals surface area contributed by atoms with Crippen molar-refractivity contribution in [3.63, 3.8) is 0 Å². The molecule has 0 bridgehead atoms. The van der Waals surface area contributed by atoms with Gasteiger partial charge in [0.1, 0.15) is 11.4 Å². The minimum atomic E-state index is -0.510. The molecule has 0 saturated heterocycles. The van der Waals surface area contributed by atoms with Crippen molar-refractivity contribution in [2.24, 2.45) is 0 Å². The summed E-state index contributed by atoms with van der Waals surface area (Å²) in [5.74, 6) is 0.516. The molecule has 1 aromatic heterocycles. The minimum Gasteiger partial charge on any atom is -0.444 e. The molecule has 2 rings (SSSR count). The number of nitrogens with two attached hydrogens (primary N) is 1. The molecule has 0 aromatic carbocycles. The van der Waals surface area contributed by atoms with Gasteiger partial charge in [0.25, 0.3) is 0 Å². The second kappa shape index (κ2) is 5.32. The molecule has 2 heterocycles. The molecule has 0 saturated carbocycles. The molecule has 7 nitrogen and oxygen atoms in total. The van der Waals surface area contributed by atoms with Gasteiger partial charge in [-0.05, 0) is 20.8 Å². The predicted octanol–water partition coefficient (Wildman–Crippen LogP) is 0.751. The average molecular weight is 282 g/mol. The number of ether oxygens (including phenoxy) is 1. The van der Waals surface area contributed by atoms with Crippen molar-refractivity contribution in [1.82, 2.24) is 14.7 Å². The Hall–Kier alpha value is -1.76. The van der Waals surface area contributed by atoms with Crippen molar-refractivity contribution in [3.8, 4) is 0 Å². The van der Waals surface area contributed by atoms with Crippen LogP contribution in [0, 0.1) is 0 Å². The fraction of sp³-hybridized carbons (Fsp3) is 0.692. The van der Waals surface area contributed by atoms with Gasteiger partial charge >= 0.3 is 6.09 Å². The lowest BCUT2D eigenvalue weighted by Gasteiger charge is -2.29. The molecule has 0 fully saturated rings. The summed E-state index contributed by atoms with van der Waals surface area (Å²) in [5, 5.41) is 13.3. The molecule has 20 heavy (non-hydrogen) atoms. The molecular weight excluding hydrogens is 260 g/mol. The van der Waals surface area contributed by atoms with E-state index in [4.69, 9.17) is 15.6 Å². The smallest absolute Gasteiger partial charge is 0.410 e. The highest BCUT2D eigenvalue weighted by Gasteiger charge is 2.29. The molecular formula is C13H22N4O3. The zero-order valence-corrected chi connectivity index (χ0v) is 12.2. The highest BCUT2D eigenvalue weighted by molar-refractivity contribution is 5.69. The van der Waals surface area contributed by atoms with E-state index in [0.717, 1.165) is 11.3 Å². The summed E-state index contributed by atoms with van der Waals surface area (Å²) >= 11 is 0. The summed E-state index contributed by atoms with van der Waals surface area (Å²) in [6.45, 7) is 6.85. The largest absolute Gasteiger partial charge is 0.444 e. The lowest BCUT2D eigenvalue weighted by Crippen LogP contribution is -2.39. The van der Waals surface area contributed by atoms with Crippen LogP contribution in [0.1, 0.15) is 32.0 Å². The van der Waals surface area contributed by atoms with E-state index in [0.29, 0.717) is 31.9 Å².